The van der Waals surface area contributed by atoms with E-state index < -0.39 is 23.5 Å². The monoisotopic (exact) mass is 646 g/mol. The van der Waals surface area contributed by atoms with Crippen molar-refractivity contribution in [1.29, 1.82) is 0 Å². The fourth-order valence-corrected chi connectivity index (χ4v) is 5.17. The molecule has 2 aromatic heterocycles. The number of alkyl halides is 6. The summed E-state index contributed by atoms with van der Waals surface area (Å²) >= 11 is 0. The van der Waals surface area contributed by atoms with Crippen LogP contribution in [0.3, 0.4) is 0 Å². The first-order chi connectivity index (χ1) is 23.0. The van der Waals surface area contributed by atoms with Crippen LogP contribution in [0, 0.1) is 23.7 Å². The Kier molecular flexibility index (Phi) is 7.49. The van der Waals surface area contributed by atoms with E-state index in [9.17, 15) is 26.3 Å². The first-order valence-corrected chi connectivity index (χ1v) is 14.5. The summed E-state index contributed by atoms with van der Waals surface area (Å²) in [6.07, 6.45) is -8.96. The molecule has 0 radical (unpaired) electrons. The van der Waals surface area contributed by atoms with E-state index in [1.807, 2.05) is 60.7 Å². The summed E-state index contributed by atoms with van der Waals surface area (Å²) in [5.41, 5.74) is 3.42. The number of nitrogens with one attached hydrogen (secondary N) is 2. The van der Waals surface area contributed by atoms with Gasteiger partial charge in [0.25, 0.3) is 0 Å². The van der Waals surface area contributed by atoms with E-state index in [1.54, 1.807) is 0 Å². The molecule has 0 bridgehead atoms. The maximum atomic E-state index is 13.2. The number of fused-ring (bicyclic) bond motifs is 2. The van der Waals surface area contributed by atoms with Crippen LogP contribution >= 0.6 is 0 Å². The molecule has 0 spiro atoms. The molecule has 0 saturated heterocycles. The lowest BCUT2D eigenvalue weighted by Gasteiger charge is -2.05. The number of hydrogen-bond acceptors (Lipinski definition) is 2. The van der Waals surface area contributed by atoms with Crippen LogP contribution in [0.15, 0.2) is 109 Å². The minimum atomic E-state index is -4.48. The quantitative estimate of drug-likeness (QED) is 0.145. The zero-order valence-corrected chi connectivity index (χ0v) is 24.6. The molecule has 2 N–H and O–H groups in total. The van der Waals surface area contributed by atoms with Crippen LogP contribution < -0.4 is 0 Å². The molecule has 2 heterocycles. The zero-order chi connectivity index (χ0) is 33.5. The van der Waals surface area contributed by atoms with E-state index in [1.165, 1.54) is 24.3 Å². The molecule has 0 aliphatic heterocycles. The van der Waals surface area contributed by atoms with E-state index in [2.05, 4.69) is 33.6 Å². The lowest BCUT2D eigenvalue weighted by molar-refractivity contribution is -0.138. The van der Waals surface area contributed by atoms with Gasteiger partial charge in [-0.2, -0.15) is 26.3 Å². The van der Waals surface area contributed by atoms with Crippen molar-refractivity contribution in [1.82, 2.24) is 19.9 Å². The summed E-state index contributed by atoms with van der Waals surface area (Å²) in [6.45, 7) is 0. The molecule has 48 heavy (non-hydrogen) atoms. The van der Waals surface area contributed by atoms with Crippen LogP contribution in [-0.4, -0.2) is 19.9 Å². The Labute approximate surface area is 269 Å². The van der Waals surface area contributed by atoms with Crippen molar-refractivity contribution in [2.45, 2.75) is 12.4 Å². The molecular weight excluding hydrogens is 626 g/mol. The van der Waals surface area contributed by atoms with Crippen molar-refractivity contribution in [3.63, 3.8) is 0 Å². The highest BCUT2D eigenvalue weighted by Crippen LogP contribution is 2.34. The number of nitrogens with zero attached hydrogens (tertiary/aromatic N) is 2. The molecule has 0 unspecified atom stereocenters. The van der Waals surface area contributed by atoms with Crippen LogP contribution in [0.2, 0.25) is 0 Å². The van der Waals surface area contributed by atoms with Crippen molar-refractivity contribution in [2.24, 2.45) is 0 Å². The summed E-state index contributed by atoms with van der Waals surface area (Å²) in [4.78, 5) is 16.4. The van der Waals surface area contributed by atoms with Crippen LogP contribution in [-0.2, 0) is 12.4 Å². The highest BCUT2D eigenvalue weighted by atomic mass is 19.4. The molecule has 0 fully saturated rings. The molecule has 4 nitrogen and oxygen atoms in total. The fraction of sp³-hybridized carbons (Fsp3) is 0.0526. The molecule has 0 atom stereocenters. The van der Waals surface area contributed by atoms with Crippen molar-refractivity contribution in [3.8, 4) is 46.5 Å². The van der Waals surface area contributed by atoms with Crippen LogP contribution in [0.25, 0.3) is 44.8 Å². The number of H-pyrrole nitrogens is 2. The van der Waals surface area contributed by atoms with Gasteiger partial charge in [-0.25, -0.2) is 9.97 Å². The molecule has 7 aromatic rings. The Hall–Kier alpha value is -6.26. The van der Waals surface area contributed by atoms with E-state index in [0.717, 1.165) is 35.4 Å². The highest BCUT2D eigenvalue weighted by molar-refractivity contribution is 6.06. The smallest absolute Gasteiger partial charge is 0.337 e. The number of hydrogen-bond donors (Lipinski definition) is 2. The minimum Gasteiger partial charge on any atom is -0.337 e. The highest BCUT2D eigenvalue weighted by Gasteiger charge is 2.30. The summed E-state index contributed by atoms with van der Waals surface area (Å²) < 4.78 is 79.0. The number of rotatable bonds is 2. The predicted octanol–water partition coefficient (Wildman–Crippen LogP) is 9.61. The number of halogens is 6. The summed E-state index contributed by atoms with van der Waals surface area (Å²) in [6, 6.07) is 27.8. The topological polar surface area (TPSA) is 57.4 Å². The van der Waals surface area contributed by atoms with E-state index in [0.29, 0.717) is 56.0 Å². The third kappa shape index (κ3) is 6.00. The van der Waals surface area contributed by atoms with E-state index in [-0.39, 0.29) is 0 Å². The van der Waals surface area contributed by atoms with Gasteiger partial charge in [0.15, 0.2) is 0 Å². The molecule has 0 aliphatic rings. The lowest BCUT2D eigenvalue weighted by atomic mass is 10.0. The van der Waals surface area contributed by atoms with E-state index >= 15 is 0 Å². The first-order valence-electron chi connectivity index (χ1n) is 14.5. The molecular formula is C38H20F6N4. The van der Waals surface area contributed by atoms with Crippen molar-refractivity contribution in [2.75, 3.05) is 0 Å². The Morgan fingerprint density at radius 2 is 0.812 bits per heavy atom. The van der Waals surface area contributed by atoms with Gasteiger partial charge in [0.1, 0.15) is 22.7 Å². The SMILES string of the molecule is FC(F)(F)c1ccc(C#Cc2c3nc(-c4ccccc4)[nH]c3c(C#Cc3ccc(C(F)(F)F)cc3)c3[nH]c(-c4ccccc4)nc23)cc1. The Bertz CT molecular complexity index is 2170. The third-order valence-corrected chi connectivity index (χ3v) is 7.56. The van der Waals surface area contributed by atoms with Gasteiger partial charge in [0, 0.05) is 22.3 Å². The molecule has 234 valence electrons. The summed E-state index contributed by atoms with van der Waals surface area (Å²) in [5, 5.41) is 0. The average Bonchev–Trinajstić information content (AvgIpc) is 3.73. The summed E-state index contributed by atoms with van der Waals surface area (Å²) in [7, 11) is 0. The third-order valence-electron chi connectivity index (χ3n) is 7.56. The van der Waals surface area contributed by atoms with Gasteiger partial charge in [-0.15, -0.1) is 0 Å². The second-order valence-corrected chi connectivity index (χ2v) is 10.8. The van der Waals surface area contributed by atoms with Gasteiger partial charge in [-0.3, -0.25) is 0 Å². The molecule has 5 aromatic carbocycles. The van der Waals surface area contributed by atoms with Gasteiger partial charge in [0.05, 0.1) is 33.3 Å². The van der Waals surface area contributed by atoms with Crippen molar-refractivity contribution in [3.05, 3.63) is 143 Å². The van der Waals surface area contributed by atoms with E-state index in [4.69, 9.17) is 9.97 Å². The van der Waals surface area contributed by atoms with Crippen LogP contribution in [0.1, 0.15) is 33.4 Å². The van der Waals surface area contributed by atoms with Gasteiger partial charge >= 0.3 is 12.4 Å². The Balaban J connectivity index is 1.47. The maximum absolute atomic E-state index is 13.2. The van der Waals surface area contributed by atoms with Crippen molar-refractivity contribution >= 4 is 22.1 Å². The molecule has 7 rings (SSSR count). The Morgan fingerprint density at radius 3 is 1.19 bits per heavy atom. The number of imidazole rings is 2. The zero-order valence-electron chi connectivity index (χ0n) is 24.6. The number of aromatic nitrogens is 4. The molecule has 0 saturated carbocycles. The second-order valence-electron chi connectivity index (χ2n) is 10.8. The average molecular weight is 647 g/mol. The number of benzene rings is 5. The largest absolute Gasteiger partial charge is 0.416 e. The predicted molar refractivity (Wildman–Crippen MR) is 171 cm³/mol. The van der Waals surface area contributed by atoms with Gasteiger partial charge in [-0.05, 0) is 48.5 Å². The van der Waals surface area contributed by atoms with Crippen LogP contribution in [0.4, 0.5) is 26.3 Å². The molecule has 0 aliphatic carbocycles. The fourth-order valence-electron chi connectivity index (χ4n) is 5.17. The van der Waals surface area contributed by atoms with Gasteiger partial charge in [-0.1, -0.05) is 84.3 Å². The first kappa shape index (κ1) is 30.4. The van der Waals surface area contributed by atoms with Gasteiger partial charge in [0.2, 0.25) is 0 Å². The van der Waals surface area contributed by atoms with Gasteiger partial charge < -0.3 is 9.97 Å². The maximum Gasteiger partial charge on any atom is 0.416 e. The number of aromatic amines is 2. The van der Waals surface area contributed by atoms with Crippen LogP contribution in [0.5, 0.6) is 0 Å². The van der Waals surface area contributed by atoms with Crippen molar-refractivity contribution < 1.29 is 26.3 Å². The summed E-state index contributed by atoms with van der Waals surface area (Å²) in [5.74, 6) is 13.2. The lowest BCUT2D eigenvalue weighted by Crippen LogP contribution is -2.04. The normalized spacial score (nSPS) is 11.6. The molecule has 10 heteroatoms. The standard InChI is InChI=1S/C38H20F6N4/c39-37(40,41)27-17-11-23(12-18-27)15-21-29-31-32(46-35(45-31)25-7-3-1-4-8-25)30(22-16-24-13-19-28(20-14-24)38(42,43)44)34-33(29)47-36(48-34)26-9-5-2-6-10-26/h1-14,17-20H,(H,45,46)(H,47,48). The second kappa shape index (κ2) is 11.8. The Morgan fingerprint density at radius 1 is 0.438 bits per heavy atom. The minimum absolute atomic E-state index is 0.355. The molecule has 0 amide bonds.